The molecule has 0 bridgehead atoms. The largest absolute Gasteiger partial charge is 0.388 e. The molecule has 2 saturated heterocycles. The van der Waals surface area contributed by atoms with Crippen LogP contribution in [0.5, 0.6) is 0 Å². The third-order valence-corrected chi connectivity index (χ3v) is 8.13. The van der Waals surface area contributed by atoms with Crippen molar-refractivity contribution in [3.05, 3.63) is 0 Å². The van der Waals surface area contributed by atoms with Crippen LogP contribution in [0.15, 0.2) is 0 Å². The van der Waals surface area contributed by atoms with Crippen LogP contribution in [0.1, 0.15) is 65.7 Å². The predicted octanol–water partition coefficient (Wildman–Crippen LogP) is 1.73. The standard InChI is InChI=1S/C23H42N2O5S/c1-5-6-14-7-10-16(25(12-11-14)15-8-9-15)22(29)24-17(13(2)3)21-19(27)18(26)20(28)23(30-21)31-4/h13-21,23,26-28H,5-12H2,1-4H3,(H,24,29). The Balaban J connectivity index is 1.73. The first kappa shape index (κ1) is 25.2. The first-order valence-corrected chi connectivity index (χ1v) is 13.4. The molecule has 8 atom stereocenters. The number of nitrogens with one attached hydrogen (secondary N) is 1. The summed E-state index contributed by atoms with van der Waals surface area (Å²) >= 11 is 1.30. The lowest BCUT2D eigenvalue weighted by molar-refractivity contribution is -0.208. The van der Waals surface area contributed by atoms with Gasteiger partial charge in [-0.25, -0.2) is 0 Å². The number of likely N-dealkylation sites (tertiary alicyclic amines) is 1. The number of amides is 1. The van der Waals surface area contributed by atoms with Gasteiger partial charge in [-0.05, 0) is 56.7 Å². The van der Waals surface area contributed by atoms with Crippen LogP contribution in [0.25, 0.3) is 0 Å². The summed E-state index contributed by atoms with van der Waals surface area (Å²) in [5, 5.41) is 34.4. The molecule has 0 aromatic rings. The quantitative estimate of drug-likeness (QED) is 0.439. The van der Waals surface area contributed by atoms with Gasteiger partial charge >= 0.3 is 0 Å². The molecule has 8 heteroatoms. The Bertz CT molecular complexity index is 588. The summed E-state index contributed by atoms with van der Waals surface area (Å²) in [6, 6.07) is -0.0822. The summed E-state index contributed by atoms with van der Waals surface area (Å²) in [4.78, 5) is 15.9. The van der Waals surface area contributed by atoms with E-state index in [9.17, 15) is 20.1 Å². The summed E-state index contributed by atoms with van der Waals surface area (Å²) in [6.07, 6.45) is 5.14. The van der Waals surface area contributed by atoms with Crippen molar-refractivity contribution in [2.24, 2.45) is 11.8 Å². The van der Waals surface area contributed by atoms with Gasteiger partial charge in [-0.15, -0.1) is 11.8 Å². The molecule has 1 saturated carbocycles. The van der Waals surface area contributed by atoms with E-state index in [0.29, 0.717) is 12.0 Å². The Hall–Kier alpha value is -0.380. The summed E-state index contributed by atoms with van der Waals surface area (Å²) in [5.41, 5.74) is -0.641. The Morgan fingerprint density at radius 2 is 1.81 bits per heavy atom. The first-order valence-electron chi connectivity index (χ1n) is 12.1. The van der Waals surface area contributed by atoms with E-state index in [4.69, 9.17) is 4.74 Å². The van der Waals surface area contributed by atoms with E-state index in [1.165, 1.54) is 37.4 Å². The second-order valence-electron chi connectivity index (χ2n) is 9.96. The molecular weight excluding hydrogens is 416 g/mol. The van der Waals surface area contributed by atoms with Gasteiger partial charge in [0.15, 0.2) is 0 Å². The van der Waals surface area contributed by atoms with Crippen LogP contribution in [0.4, 0.5) is 0 Å². The van der Waals surface area contributed by atoms with Crippen molar-refractivity contribution < 1.29 is 24.9 Å². The summed E-state index contributed by atoms with van der Waals surface area (Å²) in [5.74, 6) is 0.689. The monoisotopic (exact) mass is 458 g/mol. The van der Waals surface area contributed by atoms with Gasteiger partial charge in [0.1, 0.15) is 29.9 Å². The summed E-state index contributed by atoms with van der Waals surface area (Å²) < 4.78 is 5.98. The zero-order valence-corrected chi connectivity index (χ0v) is 20.3. The molecule has 0 radical (unpaired) electrons. The summed E-state index contributed by atoms with van der Waals surface area (Å²) in [6.45, 7) is 7.16. The molecule has 7 nitrogen and oxygen atoms in total. The highest BCUT2D eigenvalue weighted by molar-refractivity contribution is 7.99. The average Bonchev–Trinajstić information content (AvgIpc) is 3.58. The van der Waals surface area contributed by atoms with Gasteiger partial charge in [-0.3, -0.25) is 9.69 Å². The molecule has 0 spiro atoms. The predicted molar refractivity (Wildman–Crippen MR) is 123 cm³/mol. The van der Waals surface area contributed by atoms with Crippen LogP contribution in [-0.4, -0.2) is 86.9 Å². The Labute approximate surface area is 191 Å². The number of carbonyl (C=O) groups is 1. The third kappa shape index (κ3) is 5.95. The topological polar surface area (TPSA) is 102 Å². The molecule has 3 rings (SSSR count). The van der Waals surface area contributed by atoms with Gasteiger partial charge in [0.05, 0.1) is 12.1 Å². The number of aliphatic hydroxyl groups excluding tert-OH is 3. The fourth-order valence-electron chi connectivity index (χ4n) is 5.27. The van der Waals surface area contributed by atoms with Crippen LogP contribution in [0.2, 0.25) is 0 Å². The molecule has 2 heterocycles. The highest BCUT2D eigenvalue weighted by Gasteiger charge is 2.48. The van der Waals surface area contributed by atoms with E-state index < -0.39 is 35.9 Å². The maximum Gasteiger partial charge on any atom is 0.237 e. The summed E-state index contributed by atoms with van der Waals surface area (Å²) in [7, 11) is 0. The van der Waals surface area contributed by atoms with E-state index in [1.54, 1.807) is 6.26 Å². The number of nitrogens with zero attached hydrogens (tertiary/aromatic N) is 1. The normalized spacial score (nSPS) is 38.6. The van der Waals surface area contributed by atoms with E-state index in [-0.39, 0.29) is 17.9 Å². The molecular formula is C23H42N2O5S. The van der Waals surface area contributed by atoms with Crippen molar-refractivity contribution in [2.75, 3.05) is 12.8 Å². The van der Waals surface area contributed by atoms with Crippen LogP contribution in [0, 0.1) is 11.8 Å². The van der Waals surface area contributed by atoms with Gasteiger partial charge < -0.3 is 25.4 Å². The van der Waals surface area contributed by atoms with Crippen molar-refractivity contribution in [2.45, 2.75) is 114 Å². The van der Waals surface area contributed by atoms with Crippen LogP contribution in [0.3, 0.4) is 0 Å². The lowest BCUT2D eigenvalue weighted by atomic mass is 9.88. The molecule has 180 valence electrons. The number of aliphatic hydroxyl groups is 3. The van der Waals surface area contributed by atoms with E-state index in [1.807, 2.05) is 13.8 Å². The van der Waals surface area contributed by atoms with Crippen molar-refractivity contribution >= 4 is 17.7 Å². The fraction of sp³-hybridized carbons (Fsp3) is 0.957. The number of hydrogen-bond donors (Lipinski definition) is 4. The van der Waals surface area contributed by atoms with Crippen molar-refractivity contribution in [3.8, 4) is 0 Å². The molecule has 1 amide bonds. The second kappa shape index (κ2) is 11.2. The Kier molecular flexibility index (Phi) is 9.09. The first-order chi connectivity index (χ1) is 14.8. The maximum atomic E-state index is 13.5. The minimum absolute atomic E-state index is 0.000128. The molecule has 4 N–H and O–H groups in total. The van der Waals surface area contributed by atoms with Gasteiger partial charge in [0.2, 0.25) is 5.91 Å². The molecule has 3 aliphatic rings. The highest BCUT2D eigenvalue weighted by atomic mass is 32.2. The van der Waals surface area contributed by atoms with E-state index >= 15 is 0 Å². The second-order valence-corrected chi connectivity index (χ2v) is 10.9. The number of thioether (sulfide) groups is 1. The Morgan fingerprint density at radius 1 is 1.10 bits per heavy atom. The zero-order valence-electron chi connectivity index (χ0n) is 19.4. The van der Waals surface area contributed by atoms with Crippen LogP contribution in [-0.2, 0) is 9.53 Å². The van der Waals surface area contributed by atoms with Gasteiger partial charge in [0, 0.05) is 6.04 Å². The number of hydrogen-bond acceptors (Lipinski definition) is 7. The van der Waals surface area contributed by atoms with Gasteiger partial charge in [-0.1, -0.05) is 33.6 Å². The zero-order chi connectivity index (χ0) is 22.7. The smallest absolute Gasteiger partial charge is 0.237 e. The van der Waals surface area contributed by atoms with Crippen LogP contribution >= 0.6 is 11.8 Å². The molecule has 0 aromatic carbocycles. The minimum atomic E-state index is -1.30. The van der Waals surface area contributed by atoms with Gasteiger partial charge in [0.25, 0.3) is 0 Å². The lowest BCUT2D eigenvalue weighted by Gasteiger charge is -2.44. The molecule has 0 aromatic heterocycles. The molecule has 1 aliphatic carbocycles. The average molecular weight is 459 g/mol. The molecule has 31 heavy (non-hydrogen) atoms. The third-order valence-electron chi connectivity index (χ3n) is 7.28. The Morgan fingerprint density at radius 3 is 2.39 bits per heavy atom. The highest BCUT2D eigenvalue weighted by Crippen LogP contribution is 2.35. The maximum absolute atomic E-state index is 13.5. The van der Waals surface area contributed by atoms with Crippen LogP contribution < -0.4 is 5.32 Å². The van der Waals surface area contributed by atoms with Crippen molar-refractivity contribution in [1.82, 2.24) is 10.2 Å². The number of ether oxygens (including phenoxy) is 1. The van der Waals surface area contributed by atoms with Crippen molar-refractivity contribution in [3.63, 3.8) is 0 Å². The molecule has 8 unspecified atom stereocenters. The van der Waals surface area contributed by atoms with Crippen molar-refractivity contribution in [1.29, 1.82) is 0 Å². The fourth-order valence-corrected chi connectivity index (χ4v) is 5.95. The number of carbonyl (C=O) groups excluding carboxylic acids is 1. The van der Waals surface area contributed by atoms with E-state index in [2.05, 4.69) is 17.1 Å². The molecule has 2 aliphatic heterocycles. The molecule has 3 fully saturated rings. The lowest BCUT2D eigenvalue weighted by Crippen LogP contribution is -2.64. The SMILES string of the molecule is CCCC1CCC(C(=O)NC(C(C)C)C2OC(SC)C(O)C(O)C2O)N(C2CC2)CC1. The number of rotatable bonds is 8. The van der Waals surface area contributed by atoms with Gasteiger partial charge in [-0.2, -0.15) is 0 Å². The van der Waals surface area contributed by atoms with E-state index in [0.717, 1.165) is 25.8 Å². The minimum Gasteiger partial charge on any atom is -0.388 e.